The minimum Gasteiger partial charge on any atom is -0.493 e. The first-order chi connectivity index (χ1) is 16.5. The lowest BCUT2D eigenvalue weighted by atomic mass is 9.91. The Morgan fingerprint density at radius 3 is 2.18 bits per heavy atom. The number of hydrogen-bond donors (Lipinski definition) is 0. The van der Waals surface area contributed by atoms with Gasteiger partial charge in [-0.25, -0.2) is 0 Å². The van der Waals surface area contributed by atoms with Gasteiger partial charge in [0.25, 0.3) is 0 Å². The van der Waals surface area contributed by atoms with E-state index in [2.05, 4.69) is 23.6 Å². The summed E-state index contributed by atoms with van der Waals surface area (Å²) >= 11 is 0. The standard InChI is InChI=1S/C27H41N3O4/c1-21-18-28(19-22(2)34-21)20-23-8-13-30(14-9-23)27(32)24-10-15-29(16-11-24)26(31)12-17-33-25-6-4-3-5-7-25/h3-7,21-24H,8-20H2,1-2H3. The Balaban J connectivity index is 1.13. The average molecular weight is 472 g/mol. The number of amides is 2. The van der Waals surface area contributed by atoms with E-state index in [0.717, 1.165) is 64.2 Å². The molecule has 0 bridgehead atoms. The molecule has 7 heteroatoms. The fourth-order valence-corrected chi connectivity index (χ4v) is 5.70. The second kappa shape index (κ2) is 12.0. The van der Waals surface area contributed by atoms with Crippen molar-refractivity contribution in [2.24, 2.45) is 11.8 Å². The summed E-state index contributed by atoms with van der Waals surface area (Å²) in [5, 5.41) is 0. The third-order valence-corrected chi connectivity index (χ3v) is 7.46. The van der Waals surface area contributed by atoms with Crippen LogP contribution in [0, 0.1) is 11.8 Å². The second-order valence-corrected chi connectivity index (χ2v) is 10.3. The smallest absolute Gasteiger partial charge is 0.225 e. The number of hydrogen-bond acceptors (Lipinski definition) is 5. The van der Waals surface area contributed by atoms with Crippen LogP contribution >= 0.6 is 0 Å². The van der Waals surface area contributed by atoms with Gasteiger partial charge in [-0.05, 0) is 57.6 Å². The van der Waals surface area contributed by atoms with Gasteiger partial charge in [-0.1, -0.05) is 18.2 Å². The number of carbonyl (C=O) groups excluding carboxylic acids is 2. The summed E-state index contributed by atoms with van der Waals surface area (Å²) < 4.78 is 11.5. The first-order valence-corrected chi connectivity index (χ1v) is 13.1. The van der Waals surface area contributed by atoms with Crippen LogP contribution in [0.15, 0.2) is 30.3 Å². The molecule has 0 spiro atoms. The topological polar surface area (TPSA) is 62.3 Å². The Morgan fingerprint density at radius 2 is 1.53 bits per heavy atom. The first kappa shape index (κ1) is 25.0. The zero-order valence-corrected chi connectivity index (χ0v) is 20.9. The van der Waals surface area contributed by atoms with Crippen molar-refractivity contribution in [3.05, 3.63) is 30.3 Å². The molecule has 2 amide bonds. The lowest BCUT2D eigenvalue weighted by Crippen LogP contribution is -2.50. The van der Waals surface area contributed by atoms with Crippen molar-refractivity contribution >= 4 is 11.8 Å². The third kappa shape index (κ3) is 6.95. The van der Waals surface area contributed by atoms with E-state index in [1.807, 2.05) is 35.2 Å². The normalized spacial score (nSPS) is 25.4. The SMILES string of the molecule is CC1CN(CC2CCN(C(=O)C3CCN(C(=O)CCOc4ccccc4)CC3)CC2)CC(C)O1. The van der Waals surface area contributed by atoms with Crippen molar-refractivity contribution in [2.45, 2.75) is 58.2 Å². The molecule has 0 radical (unpaired) electrons. The summed E-state index contributed by atoms with van der Waals surface area (Å²) in [4.78, 5) is 32.2. The van der Waals surface area contributed by atoms with E-state index < -0.39 is 0 Å². The van der Waals surface area contributed by atoms with E-state index in [4.69, 9.17) is 9.47 Å². The fourth-order valence-electron chi connectivity index (χ4n) is 5.70. The van der Waals surface area contributed by atoms with E-state index in [1.165, 1.54) is 0 Å². The molecule has 0 N–H and O–H groups in total. The molecule has 2 unspecified atom stereocenters. The quantitative estimate of drug-likeness (QED) is 0.612. The van der Waals surface area contributed by atoms with Gasteiger partial charge in [0, 0.05) is 51.7 Å². The highest BCUT2D eigenvalue weighted by molar-refractivity contribution is 5.80. The highest BCUT2D eigenvalue weighted by Gasteiger charge is 2.33. The van der Waals surface area contributed by atoms with Gasteiger partial charge in [-0.3, -0.25) is 14.5 Å². The lowest BCUT2D eigenvalue weighted by molar-refractivity contribution is -0.142. The fraction of sp³-hybridized carbons (Fsp3) is 0.704. The maximum atomic E-state index is 13.1. The van der Waals surface area contributed by atoms with Gasteiger partial charge in [0.2, 0.25) is 11.8 Å². The summed E-state index contributed by atoms with van der Waals surface area (Å²) in [6, 6.07) is 9.58. The molecule has 2 atom stereocenters. The van der Waals surface area contributed by atoms with Gasteiger partial charge >= 0.3 is 0 Å². The molecule has 4 rings (SSSR count). The van der Waals surface area contributed by atoms with Crippen LogP contribution < -0.4 is 4.74 Å². The molecule has 34 heavy (non-hydrogen) atoms. The predicted octanol–water partition coefficient (Wildman–Crippen LogP) is 3.04. The number of ether oxygens (including phenoxy) is 2. The molecule has 0 saturated carbocycles. The van der Waals surface area contributed by atoms with Crippen LogP contribution in [0.3, 0.4) is 0 Å². The minimum atomic E-state index is 0.0575. The Bertz CT molecular complexity index is 778. The van der Waals surface area contributed by atoms with Crippen LogP contribution in [0.4, 0.5) is 0 Å². The molecule has 0 aromatic heterocycles. The maximum absolute atomic E-state index is 13.1. The summed E-state index contributed by atoms with van der Waals surface area (Å²) in [6.07, 6.45) is 4.71. The molecule has 1 aromatic carbocycles. The number of para-hydroxylation sites is 1. The van der Waals surface area contributed by atoms with Gasteiger partial charge in [0.05, 0.1) is 25.2 Å². The number of morpholine rings is 1. The van der Waals surface area contributed by atoms with Crippen LogP contribution in [-0.2, 0) is 14.3 Å². The zero-order valence-electron chi connectivity index (χ0n) is 20.9. The van der Waals surface area contributed by atoms with Crippen molar-refractivity contribution in [1.82, 2.24) is 14.7 Å². The number of rotatable bonds is 7. The summed E-state index contributed by atoms with van der Waals surface area (Å²) in [7, 11) is 0. The number of piperidine rings is 2. The molecule has 188 valence electrons. The van der Waals surface area contributed by atoms with Gasteiger partial charge in [-0.2, -0.15) is 0 Å². The van der Waals surface area contributed by atoms with Gasteiger partial charge in [-0.15, -0.1) is 0 Å². The second-order valence-electron chi connectivity index (χ2n) is 10.3. The molecule has 3 fully saturated rings. The van der Waals surface area contributed by atoms with Crippen molar-refractivity contribution in [2.75, 3.05) is 52.4 Å². The maximum Gasteiger partial charge on any atom is 0.225 e. The van der Waals surface area contributed by atoms with Crippen LogP contribution in [0.25, 0.3) is 0 Å². The number of likely N-dealkylation sites (tertiary alicyclic amines) is 2. The predicted molar refractivity (Wildman–Crippen MR) is 132 cm³/mol. The summed E-state index contributed by atoms with van der Waals surface area (Å²) in [6.45, 7) is 10.9. The largest absolute Gasteiger partial charge is 0.493 e. The van der Waals surface area contributed by atoms with E-state index in [-0.39, 0.29) is 11.8 Å². The Morgan fingerprint density at radius 1 is 0.912 bits per heavy atom. The minimum absolute atomic E-state index is 0.0575. The zero-order chi connectivity index (χ0) is 23.9. The molecular formula is C27H41N3O4. The average Bonchev–Trinajstić information content (AvgIpc) is 2.84. The van der Waals surface area contributed by atoms with Crippen LogP contribution in [0.1, 0.15) is 46.0 Å². The van der Waals surface area contributed by atoms with Crippen molar-refractivity contribution in [3.8, 4) is 5.75 Å². The molecule has 3 aliphatic heterocycles. The monoisotopic (exact) mass is 471 g/mol. The Labute approximate surface area is 204 Å². The van der Waals surface area contributed by atoms with Crippen LogP contribution in [0.5, 0.6) is 5.75 Å². The van der Waals surface area contributed by atoms with Crippen LogP contribution in [-0.4, -0.2) is 91.1 Å². The van der Waals surface area contributed by atoms with E-state index in [9.17, 15) is 9.59 Å². The molecular weight excluding hydrogens is 430 g/mol. The highest BCUT2D eigenvalue weighted by Crippen LogP contribution is 2.25. The van der Waals surface area contributed by atoms with E-state index in [0.29, 0.717) is 50.2 Å². The Kier molecular flexibility index (Phi) is 8.84. The molecule has 3 saturated heterocycles. The number of nitrogens with zero attached hydrogens (tertiary/aromatic N) is 3. The van der Waals surface area contributed by atoms with E-state index >= 15 is 0 Å². The lowest BCUT2D eigenvalue weighted by Gasteiger charge is -2.40. The summed E-state index contributed by atoms with van der Waals surface area (Å²) in [5.74, 6) is 1.93. The first-order valence-electron chi connectivity index (χ1n) is 13.1. The van der Waals surface area contributed by atoms with Gasteiger partial charge in [0.15, 0.2) is 0 Å². The highest BCUT2D eigenvalue weighted by atomic mass is 16.5. The Hall–Kier alpha value is -2.12. The molecule has 1 aromatic rings. The van der Waals surface area contributed by atoms with Crippen molar-refractivity contribution in [3.63, 3.8) is 0 Å². The van der Waals surface area contributed by atoms with Crippen molar-refractivity contribution in [1.29, 1.82) is 0 Å². The summed E-state index contributed by atoms with van der Waals surface area (Å²) in [5.41, 5.74) is 0. The third-order valence-electron chi connectivity index (χ3n) is 7.46. The number of benzene rings is 1. The van der Waals surface area contributed by atoms with Crippen molar-refractivity contribution < 1.29 is 19.1 Å². The molecule has 3 aliphatic rings. The molecule has 7 nitrogen and oxygen atoms in total. The van der Waals surface area contributed by atoms with Gasteiger partial charge in [0.1, 0.15) is 5.75 Å². The van der Waals surface area contributed by atoms with Crippen LogP contribution in [0.2, 0.25) is 0 Å². The molecule has 0 aliphatic carbocycles. The number of carbonyl (C=O) groups is 2. The van der Waals surface area contributed by atoms with Gasteiger partial charge < -0.3 is 19.3 Å². The van der Waals surface area contributed by atoms with E-state index in [1.54, 1.807) is 0 Å². The molecule has 3 heterocycles.